The van der Waals surface area contributed by atoms with Gasteiger partial charge in [0.15, 0.2) is 0 Å². The highest BCUT2D eigenvalue weighted by molar-refractivity contribution is 5.93. The average molecular weight is 357 g/mol. The molecule has 4 heteroatoms. The maximum atomic E-state index is 12.6. The molecule has 0 atom stereocenters. The molecule has 142 valence electrons. The van der Waals surface area contributed by atoms with E-state index in [1.54, 1.807) is 0 Å². The predicted molar refractivity (Wildman–Crippen MR) is 105 cm³/mol. The highest BCUT2D eigenvalue weighted by Gasteiger charge is 2.31. The van der Waals surface area contributed by atoms with Crippen molar-refractivity contribution in [2.75, 3.05) is 5.32 Å². The van der Waals surface area contributed by atoms with Gasteiger partial charge in [0, 0.05) is 23.6 Å². The highest BCUT2D eigenvalue weighted by Crippen LogP contribution is 2.30. The fourth-order valence-electron chi connectivity index (χ4n) is 4.47. The number of hydrogen-bond acceptors (Lipinski definition) is 2. The first-order chi connectivity index (χ1) is 12.5. The zero-order valence-electron chi connectivity index (χ0n) is 16.1. The highest BCUT2D eigenvalue weighted by atomic mass is 16.2. The number of anilines is 1. The van der Waals surface area contributed by atoms with Crippen molar-refractivity contribution >= 4 is 17.5 Å². The van der Waals surface area contributed by atoms with E-state index >= 15 is 0 Å². The lowest BCUT2D eigenvalue weighted by Crippen LogP contribution is -2.41. The van der Waals surface area contributed by atoms with Crippen LogP contribution < -0.4 is 10.6 Å². The van der Waals surface area contributed by atoms with Crippen LogP contribution in [0.25, 0.3) is 0 Å². The average Bonchev–Trinajstić information content (AvgIpc) is 2.62. The van der Waals surface area contributed by atoms with Crippen LogP contribution in [0.2, 0.25) is 0 Å². The molecule has 0 spiro atoms. The number of carbonyl (C=O) groups is 2. The predicted octanol–water partition coefficient (Wildman–Crippen LogP) is 4.50. The fourth-order valence-corrected chi connectivity index (χ4v) is 4.47. The maximum Gasteiger partial charge on any atom is 0.227 e. The summed E-state index contributed by atoms with van der Waals surface area (Å²) in [4.78, 5) is 25.1. The Labute approximate surface area is 157 Å². The van der Waals surface area contributed by atoms with E-state index in [9.17, 15) is 9.59 Å². The third kappa shape index (κ3) is 5.09. The number of aryl methyl sites for hydroxylation is 2. The minimum absolute atomic E-state index is 0.0227. The lowest BCUT2D eigenvalue weighted by atomic mass is 9.80. The molecule has 2 aliphatic rings. The van der Waals surface area contributed by atoms with Crippen molar-refractivity contribution in [3.8, 4) is 0 Å². The third-order valence-electron chi connectivity index (χ3n) is 5.91. The molecule has 0 radical (unpaired) electrons. The van der Waals surface area contributed by atoms with Crippen molar-refractivity contribution in [2.24, 2.45) is 11.8 Å². The lowest BCUT2D eigenvalue weighted by molar-refractivity contribution is -0.129. The van der Waals surface area contributed by atoms with Crippen molar-refractivity contribution in [3.05, 3.63) is 29.3 Å². The Hall–Kier alpha value is -1.84. The molecular weight excluding hydrogens is 324 g/mol. The SMILES string of the molecule is Cc1cc(C)cc(NC(=O)C2CCC(C(=O)NC3CCCCC3)CC2)c1. The second kappa shape index (κ2) is 8.70. The van der Waals surface area contributed by atoms with Gasteiger partial charge in [-0.1, -0.05) is 25.3 Å². The summed E-state index contributed by atoms with van der Waals surface area (Å²) in [5, 5.41) is 6.31. The molecule has 2 fully saturated rings. The Morgan fingerprint density at radius 3 is 1.88 bits per heavy atom. The number of carbonyl (C=O) groups excluding carboxylic acids is 2. The van der Waals surface area contributed by atoms with Crippen LogP contribution in [0.4, 0.5) is 5.69 Å². The third-order valence-corrected chi connectivity index (χ3v) is 5.91. The summed E-state index contributed by atoms with van der Waals surface area (Å²) in [6.07, 6.45) is 9.27. The van der Waals surface area contributed by atoms with E-state index in [1.165, 1.54) is 19.3 Å². The summed E-state index contributed by atoms with van der Waals surface area (Å²) >= 11 is 0. The van der Waals surface area contributed by atoms with Crippen molar-refractivity contribution in [1.82, 2.24) is 5.32 Å². The van der Waals surface area contributed by atoms with E-state index in [-0.39, 0.29) is 23.7 Å². The van der Waals surface area contributed by atoms with Gasteiger partial charge in [-0.05, 0) is 75.6 Å². The van der Waals surface area contributed by atoms with Crippen LogP contribution in [0.3, 0.4) is 0 Å². The molecule has 1 aromatic rings. The first kappa shape index (κ1) is 18.9. The normalized spacial score (nSPS) is 24.1. The van der Waals surface area contributed by atoms with Crippen LogP contribution in [-0.2, 0) is 9.59 Å². The van der Waals surface area contributed by atoms with Crippen molar-refractivity contribution in [1.29, 1.82) is 0 Å². The standard InChI is InChI=1S/C22H32N2O2/c1-15-12-16(2)14-20(13-15)24-22(26)18-10-8-17(9-11-18)21(25)23-19-6-4-3-5-7-19/h12-14,17-19H,3-11H2,1-2H3,(H,23,25)(H,24,26). The second-order valence-corrected chi connectivity index (χ2v) is 8.26. The zero-order valence-corrected chi connectivity index (χ0v) is 16.1. The summed E-state index contributed by atoms with van der Waals surface area (Å²) in [6, 6.07) is 6.50. The largest absolute Gasteiger partial charge is 0.353 e. The number of hydrogen-bond donors (Lipinski definition) is 2. The van der Waals surface area contributed by atoms with Gasteiger partial charge in [0.1, 0.15) is 0 Å². The molecule has 0 saturated heterocycles. The molecule has 0 bridgehead atoms. The minimum Gasteiger partial charge on any atom is -0.353 e. The van der Waals surface area contributed by atoms with E-state index in [0.717, 1.165) is 55.3 Å². The van der Waals surface area contributed by atoms with Gasteiger partial charge in [-0.2, -0.15) is 0 Å². The molecule has 2 aliphatic carbocycles. The number of benzene rings is 1. The fraction of sp³-hybridized carbons (Fsp3) is 0.636. The molecule has 26 heavy (non-hydrogen) atoms. The van der Waals surface area contributed by atoms with Gasteiger partial charge in [0.25, 0.3) is 0 Å². The van der Waals surface area contributed by atoms with Crippen molar-refractivity contribution in [3.63, 3.8) is 0 Å². The van der Waals surface area contributed by atoms with Crippen LogP contribution >= 0.6 is 0 Å². The first-order valence-electron chi connectivity index (χ1n) is 10.2. The van der Waals surface area contributed by atoms with Gasteiger partial charge >= 0.3 is 0 Å². The number of nitrogens with one attached hydrogen (secondary N) is 2. The summed E-state index contributed by atoms with van der Waals surface area (Å²) in [5.41, 5.74) is 3.19. The summed E-state index contributed by atoms with van der Waals surface area (Å²) in [6.45, 7) is 4.08. The Bertz CT molecular complexity index is 621. The van der Waals surface area contributed by atoms with Crippen LogP contribution in [-0.4, -0.2) is 17.9 Å². The lowest BCUT2D eigenvalue weighted by Gasteiger charge is -2.30. The number of rotatable bonds is 4. The van der Waals surface area contributed by atoms with Crippen molar-refractivity contribution < 1.29 is 9.59 Å². The molecule has 1 aromatic carbocycles. The molecular formula is C22H32N2O2. The van der Waals surface area contributed by atoms with Gasteiger partial charge in [0.05, 0.1) is 0 Å². The van der Waals surface area contributed by atoms with Crippen LogP contribution in [0.15, 0.2) is 18.2 Å². The van der Waals surface area contributed by atoms with Gasteiger partial charge in [-0.25, -0.2) is 0 Å². The monoisotopic (exact) mass is 356 g/mol. The van der Waals surface area contributed by atoms with Gasteiger partial charge in [-0.15, -0.1) is 0 Å². The summed E-state index contributed by atoms with van der Waals surface area (Å²) < 4.78 is 0. The Morgan fingerprint density at radius 2 is 1.31 bits per heavy atom. The minimum atomic E-state index is 0.0227. The molecule has 2 N–H and O–H groups in total. The van der Waals surface area contributed by atoms with Gasteiger partial charge in [0.2, 0.25) is 11.8 Å². The molecule has 0 aromatic heterocycles. The first-order valence-corrected chi connectivity index (χ1v) is 10.2. The summed E-state index contributed by atoms with van der Waals surface area (Å²) in [7, 11) is 0. The molecule has 0 aliphatic heterocycles. The molecule has 0 unspecified atom stereocenters. The quantitative estimate of drug-likeness (QED) is 0.834. The van der Waals surface area contributed by atoms with E-state index in [2.05, 4.69) is 16.7 Å². The number of amides is 2. The van der Waals surface area contributed by atoms with Gasteiger partial charge < -0.3 is 10.6 Å². The Morgan fingerprint density at radius 1 is 0.769 bits per heavy atom. The second-order valence-electron chi connectivity index (χ2n) is 8.26. The van der Waals surface area contributed by atoms with Crippen LogP contribution in [0.1, 0.15) is 68.9 Å². The summed E-state index contributed by atoms with van der Waals surface area (Å²) in [5.74, 6) is 0.419. The van der Waals surface area contributed by atoms with Crippen LogP contribution in [0, 0.1) is 25.7 Å². The Kier molecular flexibility index (Phi) is 6.33. The topological polar surface area (TPSA) is 58.2 Å². The van der Waals surface area contributed by atoms with E-state index in [4.69, 9.17) is 0 Å². The molecule has 4 nitrogen and oxygen atoms in total. The molecule has 0 heterocycles. The Balaban J connectivity index is 1.46. The van der Waals surface area contributed by atoms with E-state index < -0.39 is 0 Å². The van der Waals surface area contributed by atoms with Crippen molar-refractivity contribution in [2.45, 2.75) is 77.7 Å². The van der Waals surface area contributed by atoms with E-state index in [1.807, 2.05) is 26.0 Å². The molecule has 2 saturated carbocycles. The van der Waals surface area contributed by atoms with Gasteiger partial charge in [-0.3, -0.25) is 9.59 Å². The van der Waals surface area contributed by atoms with Crippen LogP contribution in [0.5, 0.6) is 0 Å². The smallest absolute Gasteiger partial charge is 0.227 e. The molecule has 3 rings (SSSR count). The zero-order chi connectivity index (χ0) is 18.5. The maximum absolute atomic E-state index is 12.6. The molecule has 2 amide bonds. The van der Waals surface area contributed by atoms with E-state index in [0.29, 0.717) is 6.04 Å².